The lowest BCUT2D eigenvalue weighted by atomic mass is 10.0. The second kappa shape index (κ2) is 6.57. The summed E-state index contributed by atoms with van der Waals surface area (Å²) >= 11 is 4.12. The lowest BCUT2D eigenvalue weighted by Crippen LogP contribution is -2.28. The Labute approximate surface area is 123 Å². The van der Waals surface area contributed by atoms with Crippen LogP contribution in [0.4, 0.5) is 4.39 Å². The molecule has 0 saturated carbocycles. The Hall–Kier alpha value is -1.81. The van der Waals surface area contributed by atoms with E-state index in [0.29, 0.717) is 11.4 Å². The first kappa shape index (κ1) is 14.6. The van der Waals surface area contributed by atoms with E-state index in [9.17, 15) is 9.18 Å². The molecule has 2 aromatic rings. The van der Waals surface area contributed by atoms with E-state index < -0.39 is 11.7 Å². The Morgan fingerprint density at radius 2 is 1.95 bits per heavy atom. The molecule has 1 atom stereocenters. The van der Waals surface area contributed by atoms with Gasteiger partial charge in [-0.05, 0) is 29.7 Å². The highest BCUT2D eigenvalue weighted by atomic mass is 32.1. The zero-order chi connectivity index (χ0) is 14.5. The standard InChI is InChI=1S/C16H16FNOS/c1-11(12-5-3-2-4-6-12)10-18-16(19)14-9-13(20)7-8-15(14)17/h2-9,11,20H,10H2,1H3,(H,18,19). The number of hydrogen-bond acceptors (Lipinski definition) is 2. The molecule has 0 aliphatic heterocycles. The van der Waals surface area contributed by atoms with Gasteiger partial charge in [0.1, 0.15) is 5.82 Å². The van der Waals surface area contributed by atoms with Crippen molar-refractivity contribution in [3.8, 4) is 0 Å². The molecule has 0 fully saturated rings. The molecule has 1 N–H and O–H groups in total. The highest BCUT2D eigenvalue weighted by molar-refractivity contribution is 7.80. The summed E-state index contributed by atoms with van der Waals surface area (Å²) in [6.07, 6.45) is 0. The van der Waals surface area contributed by atoms with Gasteiger partial charge in [-0.1, -0.05) is 37.3 Å². The maximum Gasteiger partial charge on any atom is 0.254 e. The van der Waals surface area contributed by atoms with Crippen LogP contribution in [0.25, 0.3) is 0 Å². The summed E-state index contributed by atoms with van der Waals surface area (Å²) in [7, 11) is 0. The van der Waals surface area contributed by atoms with E-state index in [1.54, 1.807) is 0 Å². The summed E-state index contributed by atoms with van der Waals surface area (Å²) in [5, 5.41) is 2.75. The van der Waals surface area contributed by atoms with Crippen molar-refractivity contribution in [1.29, 1.82) is 0 Å². The van der Waals surface area contributed by atoms with E-state index in [-0.39, 0.29) is 11.5 Å². The summed E-state index contributed by atoms with van der Waals surface area (Å²) in [5.74, 6) is -0.781. The van der Waals surface area contributed by atoms with E-state index in [1.165, 1.54) is 18.2 Å². The van der Waals surface area contributed by atoms with Gasteiger partial charge in [-0.3, -0.25) is 4.79 Å². The molecule has 0 aromatic heterocycles. The molecule has 0 saturated heterocycles. The summed E-state index contributed by atoms with van der Waals surface area (Å²) in [6, 6.07) is 14.1. The van der Waals surface area contributed by atoms with E-state index in [2.05, 4.69) is 17.9 Å². The fourth-order valence-electron chi connectivity index (χ4n) is 1.93. The van der Waals surface area contributed by atoms with Gasteiger partial charge in [0.05, 0.1) is 5.56 Å². The van der Waals surface area contributed by atoms with Crippen molar-refractivity contribution in [3.05, 3.63) is 65.5 Å². The van der Waals surface area contributed by atoms with Gasteiger partial charge in [-0.2, -0.15) is 0 Å². The van der Waals surface area contributed by atoms with Gasteiger partial charge < -0.3 is 5.32 Å². The third kappa shape index (κ3) is 3.61. The van der Waals surface area contributed by atoms with Crippen LogP contribution < -0.4 is 5.32 Å². The summed E-state index contributed by atoms with van der Waals surface area (Å²) in [6.45, 7) is 2.47. The van der Waals surface area contributed by atoms with Crippen molar-refractivity contribution in [3.63, 3.8) is 0 Å². The normalized spacial score (nSPS) is 11.9. The molecular formula is C16H16FNOS. The van der Waals surface area contributed by atoms with Gasteiger partial charge in [0, 0.05) is 11.4 Å². The van der Waals surface area contributed by atoms with Crippen LogP contribution in [0, 0.1) is 5.82 Å². The molecule has 2 aromatic carbocycles. The Balaban J connectivity index is 2.00. The van der Waals surface area contributed by atoms with Crippen molar-refractivity contribution in [2.45, 2.75) is 17.7 Å². The van der Waals surface area contributed by atoms with Crippen molar-refractivity contribution in [2.75, 3.05) is 6.54 Å². The summed E-state index contributed by atoms with van der Waals surface area (Å²) < 4.78 is 13.6. The third-order valence-corrected chi connectivity index (χ3v) is 3.41. The topological polar surface area (TPSA) is 29.1 Å². The number of amides is 1. The maximum absolute atomic E-state index is 13.6. The van der Waals surface area contributed by atoms with Crippen LogP contribution in [0.1, 0.15) is 28.8 Å². The lowest BCUT2D eigenvalue weighted by Gasteiger charge is -2.13. The van der Waals surface area contributed by atoms with Crippen molar-refractivity contribution in [1.82, 2.24) is 5.32 Å². The molecule has 0 aliphatic carbocycles. The Kier molecular flexibility index (Phi) is 4.79. The van der Waals surface area contributed by atoms with Gasteiger partial charge in [0.15, 0.2) is 0 Å². The van der Waals surface area contributed by atoms with E-state index in [4.69, 9.17) is 0 Å². The van der Waals surface area contributed by atoms with E-state index >= 15 is 0 Å². The number of carbonyl (C=O) groups is 1. The molecule has 0 heterocycles. The smallest absolute Gasteiger partial charge is 0.254 e. The van der Waals surface area contributed by atoms with Crippen LogP contribution >= 0.6 is 12.6 Å². The molecule has 2 rings (SSSR count). The molecule has 0 radical (unpaired) electrons. The van der Waals surface area contributed by atoms with Gasteiger partial charge in [-0.15, -0.1) is 12.6 Å². The fourth-order valence-corrected chi connectivity index (χ4v) is 2.13. The van der Waals surface area contributed by atoms with Crippen molar-refractivity contribution < 1.29 is 9.18 Å². The average molecular weight is 289 g/mol. The first-order valence-electron chi connectivity index (χ1n) is 6.39. The number of halogens is 1. The quantitative estimate of drug-likeness (QED) is 0.827. The number of benzene rings is 2. The third-order valence-electron chi connectivity index (χ3n) is 3.13. The molecule has 0 spiro atoms. The lowest BCUT2D eigenvalue weighted by molar-refractivity contribution is 0.0947. The van der Waals surface area contributed by atoms with Crippen LogP contribution in [0.3, 0.4) is 0 Å². The molecule has 104 valence electrons. The average Bonchev–Trinajstić information content (AvgIpc) is 2.47. The van der Waals surface area contributed by atoms with Crippen LogP contribution in [0.2, 0.25) is 0 Å². The molecular weight excluding hydrogens is 273 g/mol. The SMILES string of the molecule is CC(CNC(=O)c1cc(S)ccc1F)c1ccccc1. The minimum absolute atomic E-state index is 0.0257. The molecule has 0 bridgehead atoms. The number of rotatable bonds is 4. The van der Waals surface area contributed by atoms with Crippen LogP contribution in [0.5, 0.6) is 0 Å². The van der Waals surface area contributed by atoms with Crippen LogP contribution in [-0.2, 0) is 0 Å². The second-order valence-corrected chi connectivity index (χ2v) is 5.20. The van der Waals surface area contributed by atoms with Gasteiger partial charge in [0.2, 0.25) is 0 Å². The van der Waals surface area contributed by atoms with Crippen LogP contribution in [0.15, 0.2) is 53.4 Å². The maximum atomic E-state index is 13.6. The monoisotopic (exact) mass is 289 g/mol. The second-order valence-electron chi connectivity index (χ2n) is 4.69. The zero-order valence-corrected chi connectivity index (χ0v) is 12.0. The fraction of sp³-hybridized carbons (Fsp3) is 0.188. The molecule has 0 aliphatic rings. The molecule has 2 nitrogen and oxygen atoms in total. The summed E-state index contributed by atoms with van der Waals surface area (Å²) in [4.78, 5) is 12.5. The van der Waals surface area contributed by atoms with Crippen molar-refractivity contribution in [2.24, 2.45) is 0 Å². The van der Waals surface area contributed by atoms with Crippen molar-refractivity contribution >= 4 is 18.5 Å². The first-order chi connectivity index (χ1) is 9.58. The number of nitrogens with one attached hydrogen (secondary N) is 1. The molecule has 1 amide bonds. The van der Waals surface area contributed by atoms with E-state index in [0.717, 1.165) is 5.56 Å². The van der Waals surface area contributed by atoms with Gasteiger partial charge in [-0.25, -0.2) is 4.39 Å². The highest BCUT2D eigenvalue weighted by Crippen LogP contribution is 2.15. The minimum Gasteiger partial charge on any atom is -0.351 e. The van der Waals surface area contributed by atoms with Gasteiger partial charge >= 0.3 is 0 Å². The minimum atomic E-state index is -0.535. The van der Waals surface area contributed by atoms with Gasteiger partial charge in [0.25, 0.3) is 5.91 Å². The Morgan fingerprint density at radius 3 is 2.65 bits per heavy atom. The molecule has 4 heteroatoms. The predicted octanol–water partition coefficient (Wildman–Crippen LogP) is 3.65. The highest BCUT2D eigenvalue weighted by Gasteiger charge is 2.13. The number of hydrogen-bond donors (Lipinski definition) is 2. The molecule has 20 heavy (non-hydrogen) atoms. The Bertz CT molecular complexity index is 601. The van der Waals surface area contributed by atoms with Crippen LogP contribution in [-0.4, -0.2) is 12.5 Å². The Morgan fingerprint density at radius 1 is 1.25 bits per heavy atom. The summed E-state index contributed by atoms with van der Waals surface area (Å²) in [5.41, 5.74) is 1.16. The zero-order valence-electron chi connectivity index (χ0n) is 11.1. The molecule has 1 unspecified atom stereocenters. The number of carbonyl (C=O) groups excluding carboxylic acids is 1. The largest absolute Gasteiger partial charge is 0.351 e. The van der Waals surface area contributed by atoms with E-state index in [1.807, 2.05) is 37.3 Å². The number of thiol groups is 1. The first-order valence-corrected chi connectivity index (χ1v) is 6.84. The predicted molar refractivity (Wildman–Crippen MR) is 80.8 cm³/mol.